The number of amides is 2. The van der Waals surface area contributed by atoms with E-state index in [0.717, 1.165) is 37.9 Å². The van der Waals surface area contributed by atoms with Crippen LogP contribution in [0.3, 0.4) is 0 Å². The second-order valence-electron chi connectivity index (χ2n) is 7.26. The van der Waals surface area contributed by atoms with Crippen LogP contribution in [-0.2, 0) is 9.59 Å². The molecule has 0 radical (unpaired) electrons. The van der Waals surface area contributed by atoms with Crippen molar-refractivity contribution in [1.29, 1.82) is 0 Å². The van der Waals surface area contributed by atoms with Gasteiger partial charge in [-0.15, -0.1) is 0 Å². The van der Waals surface area contributed by atoms with E-state index in [9.17, 15) is 9.59 Å². The van der Waals surface area contributed by atoms with Gasteiger partial charge in [0.25, 0.3) is 0 Å². The number of aromatic nitrogens is 1. The minimum absolute atomic E-state index is 0.0143. The van der Waals surface area contributed by atoms with Crippen molar-refractivity contribution in [2.24, 2.45) is 11.8 Å². The predicted octanol–water partition coefficient (Wildman–Crippen LogP) is 1.96. The highest BCUT2D eigenvalue weighted by Crippen LogP contribution is 2.21. The van der Waals surface area contributed by atoms with E-state index in [4.69, 9.17) is 0 Å². The Kier molecular flexibility index (Phi) is 6.02. The predicted molar refractivity (Wildman–Crippen MR) is 97.1 cm³/mol. The highest BCUT2D eigenvalue weighted by molar-refractivity contribution is 5.91. The van der Waals surface area contributed by atoms with Gasteiger partial charge in [-0.2, -0.15) is 0 Å². The number of nitrogens with zero attached hydrogens (tertiary/aromatic N) is 2. The van der Waals surface area contributed by atoms with E-state index in [1.54, 1.807) is 6.20 Å². The van der Waals surface area contributed by atoms with Gasteiger partial charge in [-0.3, -0.25) is 9.59 Å². The third-order valence-electron chi connectivity index (χ3n) is 5.31. The molecule has 136 valence electrons. The highest BCUT2D eigenvalue weighted by Gasteiger charge is 2.28. The zero-order valence-corrected chi connectivity index (χ0v) is 15.0. The van der Waals surface area contributed by atoms with Crippen molar-refractivity contribution < 1.29 is 9.59 Å². The number of carbonyl (C=O) groups excluding carboxylic acids is 2. The van der Waals surface area contributed by atoms with Crippen molar-refractivity contribution >= 4 is 17.6 Å². The zero-order valence-electron chi connectivity index (χ0n) is 15.0. The molecule has 1 aromatic heterocycles. The van der Waals surface area contributed by atoms with Gasteiger partial charge in [-0.25, -0.2) is 4.98 Å². The van der Waals surface area contributed by atoms with E-state index >= 15 is 0 Å². The number of likely N-dealkylation sites (tertiary alicyclic amines) is 1. The third kappa shape index (κ3) is 5.01. The molecule has 1 aromatic rings. The van der Waals surface area contributed by atoms with Crippen molar-refractivity contribution in [1.82, 2.24) is 15.2 Å². The van der Waals surface area contributed by atoms with Crippen LogP contribution in [0.4, 0.5) is 5.82 Å². The van der Waals surface area contributed by atoms with E-state index in [0.29, 0.717) is 31.2 Å². The third-order valence-corrected chi connectivity index (χ3v) is 5.31. The van der Waals surface area contributed by atoms with Crippen LogP contribution in [0.25, 0.3) is 0 Å². The molecule has 2 fully saturated rings. The number of rotatable bonds is 5. The SMILES string of the molecule is Cc1ccc(NC(=O)C2CCN(C(=O)CCC3CCNC3)CC2)nc1. The Morgan fingerprint density at radius 1 is 1.28 bits per heavy atom. The molecule has 2 saturated heterocycles. The van der Waals surface area contributed by atoms with Crippen molar-refractivity contribution in [2.75, 3.05) is 31.5 Å². The number of hydrogen-bond acceptors (Lipinski definition) is 4. The highest BCUT2D eigenvalue weighted by atomic mass is 16.2. The Labute approximate surface area is 149 Å². The molecule has 2 aliphatic heterocycles. The molecule has 2 amide bonds. The summed E-state index contributed by atoms with van der Waals surface area (Å²) < 4.78 is 0. The molecule has 1 atom stereocenters. The number of hydrogen-bond donors (Lipinski definition) is 2. The second kappa shape index (κ2) is 8.43. The summed E-state index contributed by atoms with van der Waals surface area (Å²) in [4.78, 5) is 30.9. The second-order valence-corrected chi connectivity index (χ2v) is 7.26. The van der Waals surface area contributed by atoms with Crippen LogP contribution in [-0.4, -0.2) is 47.9 Å². The molecule has 0 aromatic carbocycles. The molecule has 6 nitrogen and oxygen atoms in total. The van der Waals surface area contributed by atoms with Crippen LogP contribution in [0.1, 0.15) is 37.7 Å². The summed E-state index contributed by atoms with van der Waals surface area (Å²) in [6.45, 7) is 5.45. The Morgan fingerprint density at radius 2 is 2.08 bits per heavy atom. The summed E-state index contributed by atoms with van der Waals surface area (Å²) in [6, 6.07) is 3.76. The minimum Gasteiger partial charge on any atom is -0.343 e. The van der Waals surface area contributed by atoms with E-state index < -0.39 is 0 Å². The number of aryl methyl sites for hydroxylation is 1. The lowest BCUT2D eigenvalue weighted by Gasteiger charge is -2.31. The van der Waals surface area contributed by atoms with Gasteiger partial charge in [0.1, 0.15) is 5.82 Å². The lowest BCUT2D eigenvalue weighted by molar-refractivity contribution is -0.134. The van der Waals surface area contributed by atoms with Crippen molar-refractivity contribution in [2.45, 2.75) is 39.0 Å². The van der Waals surface area contributed by atoms with E-state index in [1.165, 1.54) is 6.42 Å². The molecule has 3 rings (SSSR count). The van der Waals surface area contributed by atoms with Crippen molar-refractivity contribution in [3.63, 3.8) is 0 Å². The van der Waals surface area contributed by atoms with E-state index in [1.807, 2.05) is 24.0 Å². The van der Waals surface area contributed by atoms with Crippen molar-refractivity contribution in [3.8, 4) is 0 Å². The van der Waals surface area contributed by atoms with Crippen LogP contribution in [0, 0.1) is 18.8 Å². The summed E-state index contributed by atoms with van der Waals surface area (Å²) in [5.74, 6) is 1.46. The number of piperidine rings is 1. The Morgan fingerprint density at radius 3 is 2.72 bits per heavy atom. The molecule has 3 heterocycles. The van der Waals surface area contributed by atoms with Gasteiger partial charge in [0.05, 0.1) is 0 Å². The molecule has 0 bridgehead atoms. The molecule has 2 aliphatic rings. The smallest absolute Gasteiger partial charge is 0.228 e. The Balaban J connectivity index is 1.40. The van der Waals surface area contributed by atoms with Crippen LogP contribution in [0.2, 0.25) is 0 Å². The normalized spacial score (nSPS) is 21.3. The molecular formula is C19H28N4O2. The van der Waals surface area contributed by atoms with Crippen LogP contribution in [0.5, 0.6) is 0 Å². The summed E-state index contributed by atoms with van der Waals surface area (Å²) in [7, 11) is 0. The van der Waals surface area contributed by atoms with Crippen LogP contribution < -0.4 is 10.6 Å². The lowest BCUT2D eigenvalue weighted by Crippen LogP contribution is -2.41. The number of carbonyl (C=O) groups is 2. The quantitative estimate of drug-likeness (QED) is 0.856. The Bertz CT molecular complexity index is 588. The van der Waals surface area contributed by atoms with E-state index in [-0.39, 0.29) is 17.7 Å². The lowest BCUT2D eigenvalue weighted by atomic mass is 9.95. The largest absolute Gasteiger partial charge is 0.343 e. The summed E-state index contributed by atoms with van der Waals surface area (Å²) in [5, 5.41) is 6.23. The first-order valence-electron chi connectivity index (χ1n) is 9.34. The van der Waals surface area contributed by atoms with Crippen molar-refractivity contribution in [3.05, 3.63) is 23.9 Å². The first-order chi connectivity index (χ1) is 12.1. The molecule has 25 heavy (non-hydrogen) atoms. The Hall–Kier alpha value is -1.95. The topological polar surface area (TPSA) is 74.3 Å². The fourth-order valence-corrected chi connectivity index (χ4v) is 3.61. The molecular weight excluding hydrogens is 316 g/mol. The molecule has 0 aliphatic carbocycles. The van der Waals surface area contributed by atoms with Gasteiger partial charge in [-0.1, -0.05) is 6.07 Å². The maximum atomic E-state index is 12.4. The average molecular weight is 344 g/mol. The first-order valence-corrected chi connectivity index (χ1v) is 9.34. The molecule has 0 spiro atoms. The van der Waals surface area contributed by atoms with Gasteiger partial charge in [0, 0.05) is 31.6 Å². The van der Waals surface area contributed by atoms with Gasteiger partial charge < -0.3 is 15.5 Å². The zero-order chi connectivity index (χ0) is 17.6. The fraction of sp³-hybridized carbons (Fsp3) is 0.632. The van der Waals surface area contributed by atoms with Gasteiger partial charge in [-0.05, 0) is 63.2 Å². The number of pyridine rings is 1. The summed E-state index contributed by atoms with van der Waals surface area (Å²) in [6.07, 6.45) is 6.00. The standard InChI is InChI=1S/C19H28N4O2/c1-14-2-4-17(21-12-14)22-19(25)16-7-10-23(11-8-16)18(24)5-3-15-6-9-20-13-15/h2,4,12,15-16,20H,3,5-11,13H2,1H3,(H,21,22,25). The van der Waals surface area contributed by atoms with Crippen LogP contribution >= 0.6 is 0 Å². The monoisotopic (exact) mass is 344 g/mol. The molecule has 2 N–H and O–H groups in total. The summed E-state index contributed by atoms with van der Waals surface area (Å²) >= 11 is 0. The fourth-order valence-electron chi connectivity index (χ4n) is 3.61. The summed E-state index contributed by atoms with van der Waals surface area (Å²) in [5.41, 5.74) is 1.07. The molecule has 1 unspecified atom stereocenters. The van der Waals surface area contributed by atoms with E-state index in [2.05, 4.69) is 15.6 Å². The van der Waals surface area contributed by atoms with Crippen LogP contribution in [0.15, 0.2) is 18.3 Å². The number of anilines is 1. The molecule has 0 saturated carbocycles. The van der Waals surface area contributed by atoms with Gasteiger partial charge in [0.2, 0.25) is 11.8 Å². The van der Waals surface area contributed by atoms with Gasteiger partial charge in [0.15, 0.2) is 0 Å². The number of nitrogens with one attached hydrogen (secondary N) is 2. The minimum atomic E-state index is -0.0359. The maximum absolute atomic E-state index is 12.4. The van der Waals surface area contributed by atoms with Gasteiger partial charge >= 0.3 is 0 Å². The maximum Gasteiger partial charge on any atom is 0.228 e. The average Bonchev–Trinajstić information content (AvgIpc) is 3.15. The molecule has 6 heteroatoms. The first kappa shape index (κ1) is 17.9.